The highest BCUT2D eigenvalue weighted by molar-refractivity contribution is 7.94. The summed E-state index contributed by atoms with van der Waals surface area (Å²) in [7, 11) is -3.57. The fourth-order valence-corrected chi connectivity index (χ4v) is 4.65. The molecule has 0 aliphatic heterocycles. The molecule has 0 bridgehead atoms. The molecule has 0 spiro atoms. The highest BCUT2D eigenvalue weighted by Gasteiger charge is 2.15. The molecule has 1 aromatic carbocycles. The quantitative estimate of drug-likeness (QED) is 0.623. The topological polar surface area (TPSA) is 75.3 Å². The molecule has 7 heteroatoms. The van der Waals surface area contributed by atoms with Crippen LogP contribution in [-0.4, -0.2) is 20.9 Å². The Morgan fingerprint density at radius 3 is 2.46 bits per heavy atom. The van der Waals surface area contributed by atoms with E-state index in [-0.39, 0.29) is 10.1 Å². The van der Waals surface area contributed by atoms with Crippen LogP contribution < -0.4 is 10.0 Å². The first-order valence-corrected chi connectivity index (χ1v) is 11.3. The number of unbranched alkanes of at least 4 members (excludes halogenated alkanes) is 1. The van der Waals surface area contributed by atoms with Crippen LogP contribution in [-0.2, 0) is 10.0 Å². The lowest BCUT2D eigenvalue weighted by atomic mass is 9.99. The number of benzene rings is 1. The number of thiophene rings is 1. The maximum Gasteiger partial charge on any atom is 0.271 e. The lowest BCUT2D eigenvalue weighted by Crippen LogP contribution is -2.29. The number of carbonyl (C=O) groups is 1. The first kappa shape index (κ1) is 20.5. The van der Waals surface area contributed by atoms with Crippen molar-refractivity contribution in [2.24, 2.45) is 5.92 Å². The van der Waals surface area contributed by atoms with Crippen LogP contribution in [0.4, 0.5) is 5.69 Å². The molecule has 1 amide bonds. The van der Waals surface area contributed by atoms with Gasteiger partial charge >= 0.3 is 0 Å². The zero-order valence-electron chi connectivity index (χ0n) is 15.2. The number of nitrogens with one attached hydrogen (secondary N) is 2. The van der Waals surface area contributed by atoms with Gasteiger partial charge in [-0.15, -0.1) is 11.3 Å². The van der Waals surface area contributed by atoms with Gasteiger partial charge in [-0.3, -0.25) is 9.52 Å². The van der Waals surface area contributed by atoms with Crippen LogP contribution in [0.3, 0.4) is 0 Å². The molecule has 0 radical (unpaired) electrons. The van der Waals surface area contributed by atoms with Crippen molar-refractivity contribution >= 4 is 33.0 Å². The van der Waals surface area contributed by atoms with Crippen LogP contribution in [0, 0.1) is 5.92 Å². The average molecular weight is 395 g/mol. The standard InChI is InChI=1S/C19H26N2O3S2/c1-3-5-7-15(4-2)14-20-19(22)16-9-11-17(12-10-16)21-26(23,24)18-8-6-13-25-18/h6,8-13,15,21H,3-5,7,14H2,1-2H3,(H,20,22). The number of anilines is 1. The molecule has 26 heavy (non-hydrogen) atoms. The van der Waals surface area contributed by atoms with Crippen molar-refractivity contribution in [2.75, 3.05) is 11.3 Å². The average Bonchev–Trinajstić information content (AvgIpc) is 3.18. The third-order valence-corrected chi connectivity index (χ3v) is 7.03. The third kappa shape index (κ3) is 5.85. The van der Waals surface area contributed by atoms with E-state index in [1.807, 2.05) is 0 Å². The second kappa shape index (κ2) is 9.73. The molecule has 0 aliphatic carbocycles. The van der Waals surface area contributed by atoms with Crippen molar-refractivity contribution in [1.29, 1.82) is 0 Å². The molecule has 2 rings (SSSR count). The van der Waals surface area contributed by atoms with Gasteiger partial charge in [0, 0.05) is 17.8 Å². The number of sulfonamides is 1. The lowest BCUT2D eigenvalue weighted by molar-refractivity contribution is 0.0946. The molecule has 1 heterocycles. The predicted octanol–water partition coefficient (Wildman–Crippen LogP) is 4.50. The van der Waals surface area contributed by atoms with E-state index in [1.165, 1.54) is 6.42 Å². The van der Waals surface area contributed by atoms with E-state index in [0.29, 0.717) is 23.7 Å². The van der Waals surface area contributed by atoms with Gasteiger partial charge in [0.25, 0.3) is 15.9 Å². The fraction of sp³-hybridized carbons (Fsp3) is 0.421. The van der Waals surface area contributed by atoms with Crippen molar-refractivity contribution in [3.05, 3.63) is 47.3 Å². The molecule has 0 aliphatic rings. The van der Waals surface area contributed by atoms with E-state index in [9.17, 15) is 13.2 Å². The van der Waals surface area contributed by atoms with E-state index in [2.05, 4.69) is 23.9 Å². The first-order valence-electron chi connectivity index (χ1n) is 8.90. The Labute approximate surface area is 159 Å². The molecule has 0 saturated carbocycles. The van der Waals surface area contributed by atoms with Gasteiger partial charge in [-0.25, -0.2) is 8.42 Å². The summed E-state index contributed by atoms with van der Waals surface area (Å²) >= 11 is 1.16. The Kier molecular flexibility index (Phi) is 7.66. The first-order chi connectivity index (χ1) is 12.5. The smallest absolute Gasteiger partial charge is 0.271 e. The number of rotatable bonds is 10. The molecule has 0 fully saturated rings. The van der Waals surface area contributed by atoms with E-state index in [4.69, 9.17) is 0 Å². The van der Waals surface area contributed by atoms with Gasteiger partial charge in [-0.1, -0.05) is 39.2 Å². The van der Waals surface area contributed by atoms with Crippen molar-refractivity contribution in [2.45, 2.75) is 43.7 Å². The summed E-state index contributed by atoms with van der Waals surface area (Å²) < 4.78 is 27.2. The summed E-state index contributed by atoms with van der Waals surface area (Å²) in [6.07, 6.45) is 4.50. The lowest BCUT2D eigenvalue weighted by Gasteiger charge is -2.15. The maximum absolute atomic E-state index is 12.3. The molecule has 1 unspecified atom stereocenters. The largest absolute Gasteiger partial charge is 0.352 e. The van der Waals surface area contributed by atoms with Gasteiger partial charge in [0.05, 0.1) is 0 Å². The van der Waals surface area contributed by atoms with Gasteiger partial charge in [0.15, 0.2) is 0 Å². The summed E-state index contributed by atoms with van der Waals surface area (Å²) in [5.41, 5.74) is 0.957. The Bertz CT molecular complexity index is 785. The van der Waals surface area contributed by atoms with Gasteiger partial charge < -0.3 is 5.32 Å². The molecular formula is C19H26N2O3S2. The van der Waals surface area contributed by atoms with Crippen LogP contribution >= 0.6 is 11.3 Å². The Morgan fingerprint density at radius 2 is 1.88 bits per heavy atom. The fourth-order valence-electron chi connectivity index (χ4n) is 2.59. The number of amides is 1. The van der Waals surface area contributed by atoms with Crippen LogP contribution in [0.5, 0.6) is 0 Å². The van der Waals surface area contributed by atoms with Crippen molar-refractivity contribution in [3.8, 4) is 0 Å². The molecule has 5 nitrogen and oxygen atoms in total. The summed E-state index contributed by atoms with van der Waals surface area (Å²) in [4.78, 5) is 12.3. The summed E-state index contributed by atoms with van der Waals surface area (Å²) in [5.74, 6) is 0.364. The Hall–Kier alpha value is -1.86. The predicted molar refractivity (Wildman–Crippen MR) is 107 cm³/mol. The number of hydrogen-bond donors (Lipinski definition) is 2. The van der Waals surface area contributed by atoms with Gasteiger partial charge in [-0.2, -0.15) is 0 Å². The van der Waals surface area contributed by atoms with Gasteiger partial charge in [0.2, 0.25) is 0 Å². The normalized spacial score (nSPS) is 12.5. The minimum atomic E-state index is -3.57. The van der Waals surface area contributed by atoms with Crippen molar-refractivity contribution < 1.29 is 13.2 Å². The number of carbonyl (C=O) groups excluding carboxylic acids is 1. The molecule has 2 N–H and O–H groups in total. The summed E-state index contributed by atoms with van der Waals surface area (Å²) in [6.45, 7) is 4.97. The van der Waals surface area contributed by atoms with Crippen molar-refractivity contribution in [3.63, 3.8) is 0 Å². The second-order valence-corrected chi connectivity index (χ2v) is 9.10. The van der Waals surface area contributed by atoms with Crippen LogP contribution in [0.25, 0.3) is 0 Å². The summed E-state index contributed by atoms with van der Waals surface area (Å²) in [6, 6.07) is 9.72. The highest BCUT2D eigenvalue weighted by atomic mass is 32.2. The van der Waals surface area contributed by atoms with Gasteiger partial charge in [-0.05, 0) is 48.1 Å². The molecule has 2 aromatic rings. The molecule has 142 valence electrons. The molecular weight excluding hydrogens is 368 g/mol. The van der Waals surface area contributed by atoms with Crippen LogP contribution in [0.1, 0.15) is 49.9 Å². The number of hydrogen-bond acceptors (Lipinski definition) is 4. The maximum atomic E-state index is 12.3. The molecule has 1 aromatic heterocycles. The van der Waals surface area contributed by atoms with E-state index >= 15 is 0 Å². The molecule has 0 saturated heterocycles. The Morgan fingerprint density at radius 1 is 1.15 bits per heavy atom. The third-order valence-electron chi connectivity index (χ3n) is 4.25. The Balaban J connectivity index is 1.93. The van der Waals surface area contributed by atoms with Crippen LogP contribution in [0.2, 0.25) is 0 Å². The zero-order valence-corrected chi connectivity index (χ0v) is 16.8. The van der Waals surface area contributed by atoms with Gasteiger partial charge in [0.1, 0.15) is 4.21 Å². The van der Waals surface area contributed by atoms with Crippen molar-refractivity contribution in [1.82, 2.24) is 5.32 Å². The SMILES string of the molecule is CCCCC(CC)CNC(=O)c1ccc(NS(=O)(=O)c2cccs2)cc1. The van der Waals surface area contributed by atoms with E-state index in [0.717, 1.165) is 30.6 Å². The van der Waals surface area contributed by atoms with E-state index < -0.39 is 10.0 Å². The zero-order chi connectivity index (χ0) is 19.0. The second-order valence-electron chi connectivity index (χ2n) is 6.24. The van der Waals surface area contributed by atoms with E-state index in [1.54, 1.807) is 41.8 Å². The highest BCUT2D eigenvalue weighted by Crippen LogP contribution is 2.20. The minimum absolute atomic E-state index is 0.132. The monoisotopic (exact) mass is 394 g/mol. The van der Waals surface area contributed by atoms with Crippen LogP contribution in [0.15, 0.2) is 46.0 Å². The summed E-state index contributed by atoms with van der Waals surface area (Å²) in [5, 5.41) is 4.69. The minimum Gasteiger partial charge on any atom is -0.352 e. The molecule has 1 atom stereocenters.